The van der Waals surface area contributed by atoms with Gasteiger partial charge in [-0.2, -0.15) is 4.99 Å². The van der Waals surface area contributed by atoms with Gasteiger partial charge in [0.1, 0.15) is 5.82 Å². The van der Waals surface area contributed by atoms with Crippen LogP contribution in [0.25, 0.3) is 0 Å². The molecule has 0 saturated carbocycles. The van der Waals surface area contributed by atoms with Crippen molar-refractivity contribution < 1.29 is 13.9 Å². The van der Waals surface area contributed by atoms with E-state index < -0.39 is 11.5 Å². The van der Waals surface area contributed by atoms with Crippen LogP contribution in [-0.4, -0.2) is 17.5 Å². The molecule has 0 aliphatic carbocycles. The molecule has 0 fully saturated rings. The smallest absolute Gasteiger partial charge is 0.294 e. The van der Waals surface area contributed by atoms with Crippen molar-refractivity contribution in [2.45, 2.75) is 18.9 Å². The van der Waals surface area contributed by atoms with Crippen LogP contribution < -0.4 is 5.73 Å². The zero-order chi connectivity index (χ0) is 11.8. The first-order valence-electron chi connectivity index (χ1n) is 4.82. The normalized spacial score (nSPS) is 24.1. The van der Waals surface area contributed by atoms with E-state index in [0.29, 0.717) is 5.56 Å². The summed E-state index contributed by atoms with van der Waals surface area (Å²) in [4.78, 5) is 15.0. The predicted molar refractivity (Wildman–Crippen MR) is 56.2 cm³/mol. The first-order valence-corrected chi connectivity index (χ1v) is 4.82. The number of nitrogens with zero attached hydrogens (tertiary/aromatic N) is 1. The highest BCUT2D eigenvalue weighted by atomic mass is 19.1. The third kappa shape index (κ3) is 1.88. The summed E-state index contributed by atoms with van der Waals surface area (Å²) in [5, 5.41) is 0. The molecule has 1 unspecified atom stereocenters. The molecular weight excluding hydrogens is 211 g/mol. The van der Waals surface area contributed by atoms with Crippen molar-refractivity contribution >= 4 is 11.9 Å². The lowest BCUT2D eigenvalue weighted by molar-refractivity contribution is -0.129. The SMILES string of the molecule is CC1(Cc2cccc(F)c2)OC(N)=NC1=O. The number of ether oxygens (including phenoxy) is 1. The molecular formula is C11H11FN2O2. The summed E-state index contributed by atoms with van der Waals surface area (Å²) in [6.45, 7) is 1.59. The molecule has 84 valence electrons. The molecule has 1 aromatic rings. The molecule has 1 amide bonds. The maximum absolute atomic E-state index is 13.0. The van der Waals surface area contributed by atoms with Gasteiger partial charge in [0.05, 0.1) is 0 Å². The van der Waals surface area contributed by atoms with Crippen molar-refractivity contribution in [2.75, 3.05) is 0 Å². The van der Waals surface area contributed by atoms with E-state index in [1.807, 2.05) is 0 Å². The average Bonchev–Trinajstić information content (AvgIpc) is 2.39. The highest BCUT2D eigenvalue weighted by molar-refractivity contribution is 6.00. The lowest BCUT2D eigenvalue weighted by Gasteiger charge is -2.20. The van der Waals surface area contributed by atoms with Crippen molar-refractivity contribution in [1.82, 2.24) is 0 Å². The Balaban J connectivity index is 2.20. The second-order valence-electron chi connectivity index (χ2n) is 3.89. The molecule has 0 radical (unpaired) electrons. The molecule has 0 aromatic heterocycles. The summed E-state index contributed by atoms with van der Waals surface area (Å²) in [6.07, 6.45) is 0.244. The van der Waals surface area contributed by atoms with Gasteiger partial charge in [-0.05, 0) is 24.6 Å². The summed E-state index contributed by atoms with van der Waals surface area (Å²) < 4.78 is 18.1. The molecule has 5 heteroatoms. The van der Waals surface area contributed by atoms with Crippen LogP contribution in [0.15, 0.2) is 29.3 Å². The van der Waals surface area contributed by atoms with E-state index in [9.17, 15) is 9.18 Å². The van der Waals surface area contributed by atoms with Gasteiger partial charge in [-0.3, -0.25) is 4.79 Å². The van der Waals surface area contributed by atoms with Gasteiger partial charge in [0.15, 0.2) is 5.60 Å². The molecule has 2 rings (SSSR count). The molecule has 1 aromatic carbocycles. The zero-order valence-corrected chi connectivity index (χ0v) is 8.74. The quantitative estimate of drug-likeness (QED) is 0.811. The fourth-order valence-corrected chi connectivity index (χ4v) is 1.66. The van der Waals surface area contributed by atoms with E-state index in [1.54, 1.807) is 19.1 Å². The van der Waals surface area contributed by atoms with E-state index in [1.165, 1.54) is 12.1 Å². The van der Waals surface area contributed by atoms with E-state index in [0.717, 1.165) is 0 Å². The van der Waals surface area contributed by atoms with Gasteiger partial charge in [-0.25, -0.2) is 4.39 Å². The van der Waals surface area contributed by atoms with E-state index in [2.05, 4.69) is 4.99 Å². The van der Waals surface area contributed by atoms with Crippen molar-refractivity contribution in [3.05, 3.63) is 35.6 Å². The summed E-state index contributed by atoms with van der Waals surface area (Å²) in [6, 6.07) is 5.87. The fourth-order valence-electron chi connectivity index (χ4n) is 1.66. The zero-order valence-electron chi connectivity index (χ0n) is 8.74. The van der Waals surface area contributed by atoms with Gasteiger partial charge in [0, 0.05) is 6.42 Å². The molecule has 0 spiro atoms. The fraction of sp³-hybridized carbons (Fsp3) is 0.273. The third-order valence-corrected chi connectivity index (χ3v) is 2.42. The summed E-state index contributed by atoms with van der Waals surface area (Å²) in [5.41, 5.74) is 4.87. The van der Waals surface area contributed by atoms with Gasteiger partial charge in [0.2, 0.25) is 0 Å². The highest BCUT2D eigenvalue weighted by Gasteiger charge is 2.41. The Bertz CT molecular complexity index is 473. The van der Waals surface area contributed by atoms with Gasteiger partial charge in [0.25, 0.3) is 11.9 Å². The van der Waals surface area contributed by atoms with Gasteiger partial charge in [-0.15, -0.1) is 0 Å². The Morgan fingerprint density at radius 3 is 2.88 bits per heavy atom. The second kappa shape index (κ2) is 3.59. The minimum Gasteiger partial charge on any atom is -0.448 e. The maximum atomic E-state index is 13.0. The number of carbonyl (C=O) groups excluding carboxylic acids is 1. The molecule has 1 heterocycles. The second-order valence-corrected chi connectivity index (χ2v) is 3.89. The van der Waals surface area contributed by atoms with Gasteiger partial charge in [-0.1, -0.05) is 12.1 Å². The molecule has 1 aliphatic rings. The number of nitrogens with two attached hydrogens (primary N) is 1. The van der Waals surface area contributed by atoms with E-state index in [4.69, 9.17) is 10.5 Å². The molecule has 4 nitrogen and oxygen atoms in total. The Hall–Kier alpha value is -1.91. The lowest BCUT2D eigenvalue weighted by Crippen LogP contribution is -2.37. The summed E-state index contributed by atoms with van der Waals surface area (Å²) in [7, 11) is 0. The maximum Gasteiger partial charge on any atom is 0.294 e. The molecule has 0 saturated heterocycles. The third-order valence-electron chi connectivity index (χ3n) is 2.42. The largest absolute Gasteiger partial charge is 0.448 e. The van der Waals surface area contributed by atoms with Crippen molar-refractivity contribution in [1.29, 1.82) is 0 Å². The Labute approximate surface area is 91.9 Å². The van der Waals surface area contributed by atoms with Crippen LogP contribution in [0.3, 0.4) is 0 Å². The van der Waals surface area contributed by atoms with Crippen LogP contribution >= 0.6 is 0 Å². The number of amides is 1. The number of benzene rings is 1. The number of amidine groups is 1. The van der Waals surface area contributed by atoms with E-state index in [-0.39, 0.29) is 18.3 Å². The molecule has 0 bridgehead atoms. The lowest BCUT2D eigenvalue weighted by atomic mass is 9.96. The molecule has 2 N–H and O–H groups in total. The Kier molecular flexibility index (Phi) is 2.38. The van der Waals surface area contributed by atoms with Crippen LogP contribution in [0.5, 0.6) is 0 Å². The monoisotopic (exact) mass is 222 g/mol. The first-order chi connectivity index (χ1) is 7.49. The number of carbonyl (C=O) groups is 1. The number of rotatable bonds is 2. The van der Waals surface area contributed by atoms with Crippen molar-refractivity contribution in [2.24, 2.45) is 10.7 Å². The topological polar surface area (TPSA) is 64.7 Å². The molecule has 1 aliphatic heterocycles. The predicted octanol–water partition coefficient (Wildman–Crippen LogP) is 0.998. The Morgan fingerprint density at radius 1 is 1.56 bits per heavy atom. The number of aliphatic imine (C=N–C) groups is 1. The molecule has 16 heavy (non-hydrogen) atoms. The van der Waals surface area contributed by atoms with Gasteiger partial charge < -0.3 is 10.5 Å². The summed E-state index contributed by atoms with van der Waals surface area (Å²) >= 11 is 0. The van der Waals surface area contributed by atoms with Crippen LogP contribution in [0.4, 0.5) is 4.39 Å². The minimum absolute atomic E-state index is 0.135. The number of hydrogen-bond donors (Lipinski definition) is 1. The van der Waals surface area contributed by atoms with Crippen LogP contribution in [-0.2, 0) is 16.0 Å². The van der Waals surface area contributed by atoms with Crippen LogP contribution in [0, 0.1) is 5.82 Å². The highest BCUT2D eigenvalue weighted by Crippen LogP contribution is 2.23. The Morgan fingerprint density at radius 2 is 2.31 bits per heavy atom. The van der Waals surface area contributed by atoms with Crippen molar-refractivity contribution in [3.8, 4) is 0 Å². The number of halogens is 1. The first kappa shape index (κ1) is 10.6. The number of hydrogen-bond acceptors (Lipinski definition) is 3. The minimum atomic E-state index is -1.11. The van der Waals surface area contributed by atoms with Crippen molar-refractivity contribution in [3.63, 3.8) is 0 Å². The van der Waals surface area contributed by atoms with Crippen LogP contribution in [0.1, 0.15) is 12.5 Å². The molecule has 1 atom stereocenters. The standard InChI is InChI=1S/C11H11FN2O2/c1-11(9(15)14-10(13)16-11)6-7-3-2-4-8(12)5-7/h2-5H,6H2,1H3,(H2,13,14,15). The average molecular weight is 222 g/mol. The van der Waals surface area contributed by atoms with Gasteiger partial charge >= 0.3 is 0 Å². The van der Waals surface area contributed by atoms with E-state index >= 15 is 0 Å². The summed E-state index contributed by atoms with van der Waals surface area (Å²) in [5.74, 6) is -0.783. The van der Waals surface area contributed by atoms with Crippen LogP contribution in [0.2, 0.25) is 0 Å².